The number of amides is 1. The first kappa shape index (κ1) is 18.1. The van der Waals surface area contributed by atoms with Gasteiger partial charge < -0.3 is 10.1 Å². The maximum absolute atomic E-state index is 12.5. The minimum absolute atomic E-state index is 0.110. The van der Waals surface area contributed by atoms with Crippen LogP contribution in [0.1, 0.15) is 0 Å². The molecule has 0 aliphatic heterocycles. The Morgan fingerprint density at radius 3 is 2.54 bits per heavy atom. The van der Waals surface area contributed by atoms with Crippen LogP contribution in [0.4, 0.5) is 5.69 Å². The van der Waals surface area contributed by atoms with E-state index < -0.39 is 0 Å². The van der Waals surface area contributed by atoms with E-state index in [2.05, 4.69) is 9.88 Å². The van der Waals surface area contributed by atoms with Crippen LogP contribution < -0.4 is 10.1 Å². The van der Waals surface area contributed by atoms with E-state index in [-0.39, 0.29) is 11.7 Å². The quantitative estimate of drug-likeness (QED) is 0.483. The van der Waals surface area contributed by atoms with Crippen molar-refractivity contribution in [2.45, 2.75) is 5.16 Å². The van der Waals surface area contributed by atoms with Crippen molar-refractivity contribution in [3.05, 3.63) is 78.9 Å². The van der Waals surface area contributed by atoms with Gasteiger partial charge in [-0.1, -0.05) is 54.2 Å². The zero-order valence-corrected chi connectivity index (χ0v) is 16.1. The first-order valence-electron chi connectivity index (χ1n) is 8.85. The molecule has 0 radical (unpaired) electrons. The van der Waals surface area contributed by atoms with Crippen LogP contribution in [0.3, 0.4) is 0 Å². The standard InChI is InChI=1S/C22H19N3O2S/c1-27-20-14-8-6-12-18(20)23-21(26)15-28-22-24-17-11-5-7-13-19(17)25(22)16-9-3-2-4-10-16/h2-14H,15H2,1H3,(H,23,26). The van der Waals surface area contributed by atoms with E-state index in [4.69, 9.17) is 9.72 Å². The molecule has 1 heterocycles. The molecule has 0 unspecified atom stereocenters. The van der Waals surface area contributed by atoms with Gasteiger partial charge in [0.15, 0.2) is 5.16 Å². The molecular formula is C22H19N3O2S. The fourth-order valence-corrected chi connectivity index (χ4v) is 3.82. The number of para-hydroxylation sites is 5. The Labute approximate surface area is 167 Å². The molecule has 0 bridgehead atoms. The Morgan fingerprint density at radius 1 is 1.00 bits per heavy atom. The lowest BCUT2D eigenvalue weighted by Gasteiger charge is -2.11. The van der Waals surface area contributed by atoms with Gasteiger partial charge in [-0.05, 0) is 36.4 Å². The number of benzene rings is 3. The van der Waals surface area contributed by atoms with Crippen LogP contribution in [0.25, 0.3) is 16.7 Å². The van der Waals surface area contributed by atoms with Crippen LogP contribution in [0.2, 0.25) is 0 Å². The van der Waals surface area contributed by atoms with Crippen molar-refractivity contribution >= 4 is 34.4 Å². The van der Waals surface area contributed by atoms with Gasteiger partial charge in [-0.2, -0.15) is 0 Å². The Kier molecular flexibility index (Phi) is 5.30. The number of hydrogen-bond donors (Lipinski definition) is 1. The van der Waals surface area contributed by atoms with Crippen LogP contribution in [0, 0.1) is 0 Å². The van der Waals surface area contributed by atoms with Crippen molar-refractivity contribution in [3.8, 4) is 11.4 Å². The number of anilines is 1. The van der Waals surface area contributed by atoms with Gasteiger partial charge in [0.25, 0.3) is 0 Å². The van der Waals surface area contributed by atoms with E-state index in [0.29, 0.717) is 11.4 Å². The number of nitrogens with one attached hydrogen (secondary N) is 1. The molecule has 1 aromatic heterocycles. The van der Waals surface area contributed by atoms with E-state index >= 15 is 0 Å². The van der Waals surface area contributed by atoms with E-state index in [1.165, 1.54) is 11.8 Å². The summed E-state index contributed by atoms with van der Waals surface area (Å²) in [5.74, 6) is 0.771. The third-order valence-electron chi connectivity index (χ3n) is 4.26. The Balaban J connectivity index is 1.57. The maximum Gasteiger partial charge on any atom is 0.234 e. The summed E-state index contributed by atoms with van der Waals surface area (Å²) in [6.07, 6.45) is 0. The Hall–Kier alpha value is -3.25. The highest BCUT2D eigenvalue weighted by Gasteiger charge is 2.15. The van der Waals surface area contributed by atoms with E-state index in [1.807, 2.05) is 78.9 Å². The first-order valence-corrected chi connectivity index (χ1v) is 9.83. The lowest BCUT2D eigenvalue weighted by molar-refractivity contribution is -0.113. The second-order valence-electron chi connectivity index (χ2n) is 6.09. The Morgan fingerprint density at radius 2 is 1.71 bits per heavy atom. The molecule has 0 saturated carbocycles. The molecule has 4 rings (SSSR count). The summed E-state index contributed by atoms with van der Waals surface area (Å²) >= 11 is 1.41. The topological polar surface area (TPSA) is 56.1 Å². The van der Waals surface area contributed by atoms with E-state index in [0.717, 1.165) is 21.9 Å². The number of nitrogens with zero attached hydrogens (tertiary/aromatic N) is 2. The van der Waals surface area contributed by atoms with Gasteiger partial charge in [-0.3, -0.25) is 9.36 Å². The van der Waals surface area contributed by atoms with Gasteiger partial charge >= 0.3 is 0 Å². The highest BCUT2D eigenvalue weighted by Crippen LogP contribution is 2.28. The van der Waals surface area contributed by atoms with Crippen molar-refractivity contribution in [1.82, 2.24) is 9.55 Å². The molecule has 0 aliphatic rings. The number of rotatable bonds is 6. The molecule has 28 heavy (non-hydrogen) atoms. The number of thioether (sulfide) groups is 1. The minimum Gasteiger partial charge on any atom is -0.495 e. The van der Waals surface area contributed by atoms with Crippen molar-refractivity contribution in [2.24, 2.45) is 0 Å². The predicted molar refractivity (Wildman–Crippen MR) is 113 cm³/mol. The average Bonchev–Trinajstić information content (AvgIpc) is 3.12. The second-order valence-corrected chi connectivity index (χ2v) is 7.03. The van der Waals surface area contributed by atoms with Gasteiger partial charge in [0.05, 0.1) is 29.6 Å². The fraction of sp³-hybridized carbons (Fsp3) is 0.0909. The van der Waals surface area contributed by atoms with Crippen molar-refractivity contribution in [2.75, 3.05) is 18.2 Å². The number of methoxy groups -OCH3 is 1. The lowest BCUT2D eigenvalue weighted by Crippen LogP contribution is -2.15. The van der Waals surface area contributed by atoms with Crippen molar-refractivity contribution in [3.63, 3.8) is 0 Å². The summed E-state index contributed by atoms with van der Waals surface area (Å²) in [6.45, 7) is 0. The maximum atomic E-state index is 12.5. The van der Waals surface area contributed by atoms with Crippen LogP contribution in [0.5, 0.6) is 5.75 Å². The van der Waals surface area contributed by atoms with Gasteiger partial charge in [-0.15, -0.1) is 0 Å². The molecule has 0 atom stereocenters. The lowest BCUT2D eigenvalue weighted by atomic mass is 10.3. The van der Waals surface area contributed by atoms with Gasteiger partial charge in [0, 0.05) is 5.69 Å². The van der Waals surface area contributed by atoms with Gasteiger partial charge in [0.1, 0.15) is 5.75 Å². The molecule has 6 heteroatoms. The number of imidazole rings is 1. The molecule has 1 amide bonds. The van der Waals surface area contributed by atoms with E-state index in [1.54, 1.807) is 7.11 Å². The molecule has 0 fully saturated rings. The molecule has 0 saturated heterocycles. The molecule has 4 aromatic rings. The summed E-state index contributed by atoms with van der Waals surface area (Å²) < 4.78 is 7.37. The molecule has 1 N–H and O–H groups in total. The largest absolute Gasteiger partial charge is 0.495 e. The molecule has 140 valence electrons. The number of fused-ring (bicyclic) bond motifs is 1. The number of hydrogen-bond acceptors (Lipinski definition) is 4. The van der Waals surface area contributed by atoms with Crippen LogP contribution in [0.15, 0.2) is 84.0 Å². The SMILES string of the molecule is COc1ccccc1NC(=O)CSc1nc2ccccc2n1-c1ccccc1. The Bertz CT molecular complexity index is 1110. The summed E-state index contributed by atoms with van der Waals surface area (Å²) in [5, 5.41) is 3.68. The summed E-state index contributed by atoms with van der Waals surface area (Å²) in [5.41, 5.74) is 3.59. The first-order chi connectivity index (χ1) is 13.8. The van der Waals surface area contributed by atoms with Gasteiger partial charge in [0.2, 0.25) is 5.91 Å². The minimum atomic E-state index is -0.110. The molecule has 0 spiro atoms. The molecular weight excluding hydrogens is 370 g/mol. The number of aromatic nitrogens is 2. The monoisotopic (exact) mass is 389 g/mol. The van der Waals surface area contributed by atoms with Crippen LogP contribution in [-0.4, -0.2) is 28.3 Å². The van der Waals surface area contributed by atoms with Crippen molar-refractivity contribution < 1.29 is 9.53 Å². The highest BCUT2D eigenvalue weighted by molar-refractivity contribution is 7.99. The fourth-order valence-electron chi connectivity index (χ4n) is 2.99. The highest BCUT2D eigenvalue weighted by atomic mass is 32.2. The zero-order valence-electron chi connectivity index (χ0n) is 15.3. The zero-order chi connectivity index (χ0) is 19.3. The average molecular weight is 389 g/mol. The summed E-state index contributed by atoms with van der Waals surface area (Å²) in [4.78, 5) is 17.2. The number of carbonyl (C=O) groups excluding carboxylic acids is 1. The third-order valence-corrected chi connectivity index (χ3v) is 5.20. The van der Waals surface area contributed by atoms with Crippen LogP contribution >= 0.6 is 11.8 Å². The smallest absolute Gasteiger partial charge is 0.234 e. The summed E-state index contributed by atoms with van der Waals surface area (Å²) in [6, 6.07) is 25.4. The second kappa shape index (κ2) is 8.19. The van der Waals surface area contributed by atoms with Crippen LogP contribution in [-0.2, 0) is 4.79 Å². The number of carbonyl (C=O) groups is 1. The predicted octanol–water partition coefficient (Wildman–Crippen LogP) is 4.76. The molecule has 5 nitrogen and oxygen atoms in total. The van der Waals surface area contributed by atoms with E-state index in [9.17, 15) is 4.79 Å². The number of ether oxygens (including phenoxy) is 1. The summed E-state index contributed by atoms with van der Waals surface area (Å²) in [7, 11) is 1.59. The van der Waals surface area contributed by atoms with Gasteiger partial charge in [-0.25, -0.2) is 4.98 Å². The normalized spacial score (nSPS) is 10.8. The molecule has 3 aromatic carbocycles. The molecule has 0 aliphatic carbocycles. The third kappa shape index (κ3) is 3.73. The van der Waals surface area contributed by atoms with Crippen molar-refractivity contribution in [1.29, 1.82) is 0 Å².